The Morgan fingerprint density at radius 3 is 2.21 bits per heavy atom. The third kappa shape index (κ3) is 1.70. The van der Waals surface area contributed by atoms with E-state index in [-0.39, 0.29) is 5.60 Å². The molecular formula is C12H23NO. The summed E-state index contributed by atoms with van der Waals surface area (Å²) in [5.74, 6) is 0. The van der Waals surface area contributed by atoms with Crippen LogP contribution >= 0.6 is 0 Å². The summed E-state index contributed by atoms with van der Waals surface area (Å²) in [7, 11) is 0. The first-order valence-electron chi connectivity index (χ1n) is 6.13. The van der Waals surface area contributed by atoms with Gasteiger partial charge >= 0.3 is 0 Å². The normalized spacial score (nSPS) is 29.6. The zero-order valence-corrected chi connectivity index (χ0v) is 9.57. The van der Waals surface area contributed by atoms with Gasteiger partial charge in [-0.05, 0) is 25.7 Å². The molecule has 2 aliphatic rings. The molecule has 0 bridgehead atoms. The monoisotopic (exact) mass is 197 g/mol. The smallest absolute Gasteiger partial charge is 0.0802 e. The molecule has 0 radical (unpaired) electrons. The van der Waals surface area contributed by atoms with Crippen LogP contribution in [0.1, 0.15) is 52.4 Å². The fourth-order valence-corrected chi connectivity index (χ4v) is 2.82. The van der Waals surface area contributed by atoms with Gasteiger partial charge in [0.25, 0.3) is 0 Å². The first-order chi connectivity index (χ1) is 6.74. The van der Waals surface area contributed by atoms with E-state index in [0.29, 0.717) is 5.54 Å². The van der Waals surface area contributed by atoms with Crippen LogP contribution in [-0.4, -0.2) is 24.3 Å². The van der Waals surface area contributed by atoms with Gasteiger partial charge in [0, 0.05) is 12.1 Å². The van der Waals surface area contributed by atoms with E-state index in [4.69, 9.17) is 4.74 Å². The molecule has 1 N–H and O–H groups in total. The highest BCUT2D eigenvalue weighted by molar-refractivity contribution is 4.99. The number of rotatable bonds is 2. The summed E-state index contributed by atoms with van der Waals surface area (Å²) in [6.45, 7) is 6.46. The molecule has 2 rings (SSSR count). The summed E-state index contributed by atoms with van der Waals surface area (Å²) in [5, 5.41) is 3.76. The molecule has 1 saturated heterocycles. The third-order valence-electron chi connectivity index (χ3n) is 4.29. The van der Waals surface area contributed by atoms with E-state index in [2.05, 4.69) is 19.2 Å². The van der Waals surface area contributed by atoms with Gasteiger partial charge < -0.3 is 10.1 Å². The number of ether oxygens (including phenoxy) is 1. The highest BCUT2D eigenvalue weighted by Crippen LogP contribution is 2.36. The van der Waals surface area contributed by atoms with Crippen LogP contribution in [0.2, 0.25) is 0 Å². The zero-order chi connectivity index (χ0) is 10.1. The molecule has 1 spiro atoms. The highest BCUT2D eigenvalue weighted by atomic mass is 16.5. The summed E-state index contributed by atoms with van der Waals surface area (Å²) in [4.78, 5) is 0. The van der Waals surface area contributed by atoms with Gasteiger partial charge in [0.15, 0.2) is 0 Å². The largest absolute Gasteiger partial charge is 0.372 e. The van der Waals surface area contributed by atoms with Crippen molar-refractivity contribution in [2.45, 2.75) is 63.5 Å². The van der Waals surface area contributed by atoms with Crippen molar-refractivity contribution in [2.75, 3.05) is 13.2 Å². The van der Waals surface area contributed by atoms with E-state index in [1.165, 1.54) is 25.7 Å². The van der Waals surface area contributed by atoms with E-state index in [1.54, 1.807) is 0 Å². The van der Waals surface area contributed by atoms with Gasteiger partial charge in [-0.2, -0.15) is 0 Å². The first-order valence-corrected chi connectivity index (χ1v) is 6.13. The van der Waals surface area contributed by atoms with Gasteiger partial charge in [0.05, 0.1) is 12.2 Å². The summed E-state index contributed by atoms with van der Waals surface area (Å²) in [6.07, 6.45) is 7.65. The van der Waals surface area contributed by atoms with Crippen molar-refractivity contribution >= 4 is 0 Å². The second kappa shape index (κ2) is 3.82. The minimum Gasteiger partial charge on any atom is -0.372 e. The van der Waals surface area contributed by atoms with Crippen LogP contribution in [0.3, 0.4) is 0 Å². The quantitative estimate of drug-likeness (QED) is 0.734. The Hall–Kier alpha value is -0.0800. The summed E-state index contributed by atoms with van der Waals surface area (Å²) in [5.41, 5.74) is 0.488. The number of nitrogens with one attached hydrogen (secondary N) is 1. The molecule has 2 nitrogen and oxygen atoms in total. The summed E-state index contributed by atoms with van der Waals surface area (Å²) in [6, 6.07) is 0. The topological polar surface area (TPSA) is 21.3 Å². The third-order valence-corrected chi connectivity index (χ3v) is 4.29. The molecule has 1 aliphatic heterocycles. The van der Waals surface area contributed by atoms with E-state index in [9.17, 15) is 0 Å². The van der Waals surface area contributed by atoms with Gasteiger partial charge in [0.1, 0.15) is 0 Å². The van der Waals surface area contributed by atoms with Crippen LogP contribution in [0, 0.1) is 0 Å². The van der Waals surface area contributed by atoms with Crippen molar-refractivity contribution in [1.29, 1.82) is 0 Å². The van der Waals surface area contributed by atoms with Crippen molar-refractivity contribution in [3.63, 3.8) is 0 Å². The fraction of sp³-hybridized carbons (Fsp3) is 1.00. The molecule has 82 valence electrons. The second-order valence-corrected chi connectivity index (χ2v) is 5.02. The Morgan fingerprint density at radius 2 is 1.79 bits per heavy atom. The van der Waals surface area contributed by atoms with E-state index < -0.39 is 0 Å². The Labute approximate surface area is 87.4 Å². The second-order valence-electron chi connectivity index (χ2n) is 5.02. The zero-order valence-electron chi connectivity index (χ0n) is 9.57. The number of morpholine rings is 1. The lowest BCUT2D eigenvalue weighted by atomic mass is 9.89. The predicted octanol–water partition coefficient (Wildman–Crippen LogP) is 2.48. The molecule has 2 heteroatoms. The van der Waals surface area contributed by atoms with Crippen molar-refractivity contribution in [2.24, 2.45) is 0 Å². The maximum Gasteiger partial charge on any atom is 0.0802 e. The maximum atomic E-state index is 6.14. The highest BCUT2D eigenvalue weighted by Gasteiger charge is 2.42. The van der Waals surface area contributed by atoms with Crippen molar-refractivity contribution < 1.29 is 4.74 Å². The molecule has 1 saturated carbocycles. The summed E-state index contributed by atoms with van der Waals surface area (Å²) < 4.78 is 6.14. The average molecular weight is 197 g/mol. The number of hydrogen-bond donors (Lipinski definition) is 1. The Bertz CT molecular complexity index is 174. The van der Waals surface area contributed by atoms with Gasteiger partial charge in [-0.1, -0.05) is 26.7 Å². The van der Waals surface area contributed by atoms with Crippen LogP contribution in [0.5, 0.6) is 0 Å². The van der Waals surface area contributed by atoms with E-state index >= 15 is 0 Å². The van der Waals surface area contributed by atoms with Gasteiger partial charge in [-0.15, -0.1) is 0 Å². The molecule has 0 aromatic carbocycles. The maximum absolute atomic E-state index is 6.14. The minimum atomic E-state index is 0.133. The standard InChI is InChI=1S/C12H23NO/c1-3-12(4-2)9-13-11(10-14-12)7-5-6-8-11/h13H,3-10H2,1-2H3. The van der Waals surface area contributed by atoms with Crippen molar-refractivity contribution in [3.05, 3.63) is 0 Å². The Kier molecular flexibility index (Phi) is 2.85. The van der Waals surface area contributed by atoms with Gasteiger partial charge in [0.2, 0.25) is 0 Å². The fourth-order valence-electron chi connectivity index (χ4n) is 2.82. The molecule has 0 unspecified atom stereocenters. The first kappa shape index (κ1) is 10.4. The lowest BCUT2D eigenvalue weighted by molar-refractivity contribution is -0.111. The molecule has 0 aromatic heterocycles. The molecule has 1 aliphatic carbocycles. The van der Waals surface area contributed by atoms with Crippen molar-refractivity contribution in [1.82, 2.24) is 5.32 Å². The van der Waals surface area contributed by atoms with Gasteiger partial charge in [-0.3, -0.25) is 0 Å². The average Bonchev–Trinajstić information content (AvgIpc) is 2.69. The van der Waals surface area contributed by atoms with Crippen LogP contribution < -0.4 is 5.32 Å². The molecule has 1 heterocycles. The van der Waals surface area contributed by atoms with Crippen molar-refractivity contribution in [3.8, 4) is 0 Å². The van der Waals surface area contributed by atoms with Crippen LogP contribution in [0.15, 0.2) is 0 Å². The van der Waals surface area contributed by atoms with Crippen LogP contribution in [0.25, 0.3) is 0 Å². The Morgan fingerprint density at radius 1 is 1.14 bits per heavy atom. The Balaban J connectivity index is 1.96. The number of hydrogen-bond acceptors (Lipinski definition) is 2. The molecule has 0 aromatic rings. The van der Waals surface area contributed by atoms with E-state index in [1.807, 2.05) is 0 Å². The van der Waals surface area contributed by atoms with E-state index in [0.717, 1.165) is 26.0 Å². The molecule has 2 fully saturated rings. The lowest BCUT2D eigenvalue weighted by Gasteiger charge is -2.45. The van der Waals surface area contributed by atoms with Crippen LogP contribution in [-0.2, 0) is 4.74 Å². The molecular weight excluding hydrogens is 174 g/mol. The SMILES string of the molecule is CCC1(CC)CNC2(CCCC2)CO1. The summed E-state index contributed by atoms with van der Waals surface area (Å²) >= 11 is 0. The lowest BCUT2D eigenvalue weighted by Crippen LogP contribution is -2.60. The molecule has 0 atom stereocenters. The van der Waals surface area contributed by atoms with Crippen LogP contribution in [0.4, 0.5) is 0 Å². The predicted molar refractivity (Wildman–Crippen MR) is 58.5 cm³/mol. The molecule has 0 amide bonds. The van der Waals surface area contributed by atoms with Gasteiger partial charge in [-0.25, -0.2) is 0 Å². The minimum absolute atomic E-state index is 0.133. The molecule has 14 heavy (non-hydrogen) atoms.